The highest BCUT2D eigenvalue weighted by Crippen LogP contribution is 2.50. The summed E-state index contributed by atoms with van der Waals surface area (Å²) in [6.07, 6.45) is 3.79. The molecule has 1 heterocycles. The quantitative estimate of drug-likeness (QED) is 0.814. The zero-order valence-corrected chi connectivity index (χ0v) is 8.56. The predicted octanol–water partition coefficient (Wildman–Crippen LogP) is 1.60. The summed E-state index contributed by atoms with van der Waals surface area (Å²) in [6.45, 7) is 0. The molecule has 0 aliphatic heterocycles. The standard InChI is InChI=1S/C11H13NO3/c1-15-9-3-2-8(7-12-9)11(4-5-11)6-10(13)14/h2-3,7H,4-6H2,1H3,(H,13,14). The molecule has 1 aliphatic carbocycles. The van der Waals surface area contributed by atoms with Crippen LogP contribution in [0.15, 0.2) is 18.3 Å². The van der Waals surface area contributed by atoms with Gasteiger partial charge in [-0.3, -0.25) is 4.79 Å². The highest BCUT2D eigenvalue weighted by atomic mass is 16.5. The number of carbonyl (C=O) groups is 1. The van der Waals surface area contributed by atoms with Gasteiger partial charge in [-0.1, -0.05) is 6.07 Å². The lowest BCUT2D eigenvalue weighted by molar-refractivity contribution is -0.137. The number of hydrogen-bond acceptors (Lipinski definition) is 3. The van der Waals surface area contributed by atoms with Crippen molar-refractivity contribution >= 4 is 5.97 Å². The van der Waals surface area contributed by atoms with E-state index in [9.17, 15) is 4.79 Å². The van der Waals surface area contributed by atoms with Crippen LogP contribution in [0.2, 0.25) is 0 Å². The summed E-state index contributed by atoms with van der Waals surface area (Å²) in [6, 6.07) is 3.68. The summed E-state index contributed by atoms with van der Waals surface area (Å²) in [5.41, 5.74) is 0.844. The first-order valence-electron chi connectivity index (χ1n) is 4.89. The zero-order chi connectivity index (χ0) is 10.9. The molecule has 0 atom stereocenters. The van der Waals surface area contributed by atoms with Crippen molar-refractivity contribution in [2.75, 3.05) is 7.11 Å². The Balaban J connectivity index is 2.18. The summed E-state index contributed by atoms with van der Waals surface area (Å²) in [7, 11) is 1.56. The fraction of sp³-hybridized carbons (Fsp3) is 0.455. The summed E-state index contributed by atoms with van der Waals surface area (Å²) < 4.78 is 4.96. The van der Waals surface area contributed by atoms with Crippen LogP contribution in [0.1, 0.15) is 24.8 Å². The molecule has 1 aromatic rings. The highest BCUT2D eigenvalue weighted by Gasteiger charge is 2.46. The van der Waals surface area contributed by atoms with Gasteiger partial charge in [0.05, 0.1) is 13.5 Å². The first kappa shape index (κ1) is 9.96. The molecule has 1 aliphatic rings. The van der Waals surface area contributed by atoms with Crippen molar-refractivity contribution in [2.24, 2.45) is 0 Å². The van der Waals surface area contributed by atoms with E-state index in [0.717, 1.165) is 18.4 Å². The summed E-state index contributed by atoms with van der Waals surface area (Å²) in [5.74, 6) is -0.187. The maximum absolute atomic E-state index is 10.7. The second kappa shape index (κ2) is 3.53. The second-order valence-electron chi connectivity index (χ2n) is 3.94. The Hall–Kier alpha value is -1.58. The smallest absolute Gasteiger partial charge is 0.304 e. The normalized spacial score (nSPS) is 17.1. The molecule has 0 saturated heterocycles. The number of rotatable bonds is 4. The van der Waals surface area contributed by atoms with E-state index < -0.39 is 5.97 Å². The van der Waals surface area contributed by atoms with Crippen molar-refractivity contribution in [2.45, 2.75) is 24.7 Å². The Kier molecular flexibility index (Phi) is 2.34. The van der Waals surface area contributed by atoms with Crippen LogP contribution < -0.4 is 4.74 Å². The van der Waals surface area contributed by atoms with Crippen molar-refractivity contribution in [3.8, 4) is 5.88 Å². The topological polar surface area (TPSA) is 59.4 Å². The first-order valence-corrected chi connectivity index (χ1v) is 4.89. The fourth-order valence-electron chi connectivity index (χ4n) is 1.82. The largest absolute Gasteiger partial charge is 0.481 e. The fourth-order valence-corrected chi connectivity index (χ4v) is 1.82. The molecule has 0 spiro atoms. The van der Waals surface area contributed by atoms with Crippen LogP contribution in [0.5, 0.6) is 5.88 Å². The van der Waals surface area contributed by atoms with Crippen molar-refractivity contribution in [1.82, 2.24) is 4.98 Å². The van der Waals surface area contributed by atoms with Crippen molar-refractivity contribution in [3.63, 3.8) is 0 Å². The van der Waals surface area contributed by atoms with Gasteiger partial charge >= 0.3 is 5.97 Å². The number of ether oxygens (including phenoxy) is 1. The molecule has 1 aromatic heterocycles. The van der Waals surface area contributed by atoms with E-state index in [4.69, 9.17) is 9.84 Å². The van der Waals surface area contributed by atoms with Crippen LogP contribution in [0.25, 0.3) is 0 Å². The van der Waals surface area contributed by atoms with E-state index in [2.05, 4.69) is 4.98 Å². The van der Waals surface area contributed by atoms with E-state index in [-0.39, 0.29) is 11.8 Å². The molecule has 0 radical (unpaired) electrons. The third-order valence-electron chi connectivity index (χ3n) is 2.90. The van der Waals surface area contributed by atoms with Gasteiger partial charge in [-0.15, -0.1) is 0 Å². The first-order chi connectivity index (χ1) is 7.16. The number of pyridine rings is 1. The van der Waals surface area contributed by atoms with Gasteiger partial charge < -0.3 is 9.84 Å². The van der Waals surface area contributed by atoms with Gasteiger partial charge in [0, 0.05) is 17.7 Å². The Labute approximate surface area is 87.9 Å². The monoisotopic (exact) mass is 207 g/mol. The van der Waals surface area contributed by atoms with Crippen LogP contribution in [-0.2, 0) is 10.2 Å². The van der Waals surface area contributed by atoms with Gasteiger partial charge in [0.1, 0.15) is 0 Å². The van der Waals surface area contributed by atoms with Crippen LogP contribution in [-0.4, -0.2) is 23.2 Å². The van der Waals surface area contributed by atoms with Crippen molar-refractivity contribution < 1.29 is 14.6 Å². The molecule has 0 bridgehead atoms. The Morgan fingerprint density at radius 2 is 2.33 bits per heavy atom. The summed E-state index contributed by atoms with van der Waals surface area (Å²) in [5, 5.41) is 8.81. The number of hydrogen-bond donors (Lipinski definition) is 1. The third-order valence-corrected chi connectivity index (χ3v) is 2.90. The third kappa shape index (κ3) is 1.93. The van der Waals surface area contributed by atoms with Gasteiger partial charge in [-0.05, 0) is 18.4 Å². The molecular weight excluding hydrogens is 194 g/mol. The van der Waals surface area contributed by atoms with Crippen LogP contribution in [0.4, 0.5) is 0 Å². The van der Waals surface area contributed by atoms with Crippen molar-refractivity contribution in [1.29, 1.82) is 0 Å². The Bertz CT molecular complexity index is 368. The maximum atomic E-state index is 10.7. The van der Waals surface area contributed by atoms with Crippen LogP contribution in [0.3, 0.4) is 0 Å². The summed E-state index contributed by atoms with van der Waals surface area (Å²) >= 11 is 0. The number of carboxylic acid groups (broad SMARTS) is 1. The minimum Gasteiger partial charge on any atom is -0.481 e. The minimum atomic E-state index is -0.747. The minimum absolute atomic E-state index is 0.162. The maximum Gasteiger partial charge on any atom is 0.304 e. The molecule has 4 nitrogen and oxygen atoms in total. The lowest BCUT2D eigenvalue weighted by Crippen LogP contribution is -2.13. The highest BCUT2D eigenvalue weighted by molar-refractivity contribution is 5.70. The van der Waals surface area contributed by atoms with E-state index in [1.807, 2.05) is 6.07 Å². The number of carboxylic acids is 1. The molecule has 0 amide bonds. The van der Waals surface area contributed by atoms with E-state index >= 15 is 0 Å². The molecule has 15 heavy (non-hydrogen) atoms. The molecule has 80 valence electrons. The lowest BCUT2D eigenvalue weighted by atomic mass is 9.94. The average molecular weight is 207 g/mol. The zero-order valence-electron chi connectivity index (χ0n) is 8.56. The van der Waals surface area contributed by atoms with E-state index in [0.29, 0.717) is 5.88 Å². The lowest BCUT2D eigenvalue weighted by Gasteiger charge is -2.12. The van der Waals surface area contributed by atoms with Gasteiger partial charge in [0.25, 0.3) is 0 Å². The SMILES string of the molecule is COc1ccc(C2(CC(=O)O)CC2)cn1. The number of nitrogens with zero attached hydrogens (tertiary/aromatic N) is 1. The van der Waals surface area contributed by atoms with Crippen molar-refractivity contribution in [3.05, 3.63) is 23.9 Å². The Morgan fingerprint density at radius 1 is 1.60 bits per heavy atom. The van der Waals surface area contributed by atoms with Crippen LogP contribution in [0, 0.1) is 0 Å². The van der Waals surface area contributed by atoms with Gasteiger partial charge in [0.2, 0.25) is 5.88 Å². The molecule has 2 rings (SSSR count). The molecule has 0 aromatic carbocycles. The molecule has 4 heteroatoms. The Morgan fingerprint density at radius 3 is 2.73 bits per heavy atom. The molecule has 0 unspecified atom stereocenters. The van der Waals surface area contributed by atoms with Gasteiger partial charge in [-0.2, -0.15) is 0 Å². The number of aliphatic carboxylic acids is 1. The van der Waals surface area contributed by atoms with Crippen LogP contribution >= 0.6 is 0 Å². The number of aromatic nitrogens is 1. The molecule has 1 fully saturated rings. The average Bonchev–Trinajstić information content (AvgIpc) is 2.98. The molecule has 1 saturated carbocycles. The van der Waals surface area contributed by atoms with E-state index in [1.165, 1.54) is 0 Å². The second-order valence-corrected chi connectivity index (χ2v) is 3.94. The predicted molar refractivity (Wildman–Crippen MR) is 54.0 cm³/mol. The molecule has 1 N–H and O–H groups in total. The molecular formula is C11H13NO3. The van der Waals surface area contributed by atoms with E-state index in [1.54, 1.807) is 19.4 Å². The van der Waals surface area contributed by atoms with Gasteiger partial charge in [0.15, 0.2) is 0 Å². The van der Waals surface area contributed by atoms with Gasteiger partial charge in [-0.25, -0.2) is 4.98 Å². The summed E-state index contributed by atoms with van der Waals surface area (Å²) in [4.78, 5) is 14.8. The number of methoxy groups -OCH3 is 1.